The zero-order chi connectivity index (χ0) is 13.9. The van der Waals surface area contributed by atoms with Gasteiger partial charge in [-0.2, -0.15) is 0 Å². The van der Waals surface area contributed by atoms with Gasteiger partial charge < -0.3 is 5.32 Å². The van der Waals surface area contributed by atoms with Crippen molar-refractivity contribution in [1.29, 1.82) is 0 Å². The monoisotopic (exact) mass is 273 g/mol. The molecule has 1 saturated carbocycles. The standard InChI is InChI=1S/C17H27N3/c1-3-12-8-10-13(11-9-12)16-19-15-7-5-6-14(15)17(20-16)18-4-2/h12-13H,3-11H2,1-2H3,(H,18,19,20). The Balaban J connectivity index is 1.81. The lowest BCUT2D eigenvalue weighted by molar-refractivity contribution is 0.312. The molecule has 1 fully saturated rings. The minimum Gasteiger partial charge on any atom is -0.370 e. The number of nitrogens with one attached hydrogen (secondary N) is 1. The highest BCUT2D eigenvalue weighted by Gasteiger charge is 2.26. The van der Waals surface area contributed by atoms with Gasteiger partial charge in [-0.3, -0.25) is 0 Å². The van der Waals surface area contributed by atoms with E-state index in [0.29, 0.717) is 5.92 Å². The molecule has 110 valence electrons. The summed E-state index contributed by atoms with van der Waals surface area (Å²) >= 11 is 0. The highest BCUT2D eigenvalue weighted by Crippen LogP contribution is 2.37. The number of aromatic nitrogens is 2. The average Bonchev–Trinajstić information content (AvgIpc) is 2.96. The van der Waals surface area contributed by atoms with E-state index in [4.69, 9.17) is 9.97 Å². The molecule has 1 heterocycles. The Morgan fingerprint density at radius 3 is 2.55 bits per heavy atom. The quantitative estimate of drug-likeness (QED) is 0.898. The van der Waals surface area contributed by atoms with E-state index in [1.165, 1.54) is 49.8 Å². The second-order valence-electron chi connectivity index (χ2n) is 6.37. The predicted molar refractivity (Wildman–Crippen MR) is 83.2 cm³/mol. The van der Waals surface area contributed by atoms with Crippen molar-refractivity contribution in [3.05, 3.63) is 17.1 Å². The van der Waals surface area contributed by atoms with E-state index in [-0.39, 0.29) is 0 Å². The Morgan fingerprint density at radius 1 is 1.05 bits per heavy atom. The molecule has 0 radical (unpaired) electrons. The maximum atomic E-state index is 4.92. The molecule has 0 bridgehead atoms. The molecule has 0 aliphatic heterocycles. The highest BCUT2D eigenvalue weighted by molar-refractivity contribution is 5.49. The lowest BCUT2D eigenvalue weighted by atomic mass is 9.80. The zero-order valence-electron chi connectivity index (χ0n) is 12.9. The molecule has 1 N–H and O–H groups in total. The molecule has 3 nitrogen and oxygen atoms in total. The fourth-order valence-corrected chi connectivity index (χ4v) is 3.78. The van der Waals surface area contributed by atoms with Gasteiger partial charge in [-0.25, -0.2) is 9.97 Å². The molecule has 2 aliphatic rings. The Bertz CT molecular complexity index is 462. The molecule has 0 spiro atoms. The topological polar surface area (TPSA) is 37.8 Å². The summed E-state index contributed by atoms with van der Waals surface area (Å²) in [7, 11) is 0. The van der Waals surface area contributed by atoms with Crippen LogP contribution in [0.5, 0.6) is 0 Å². The third kappa shape index (κ3) is 2.68. The van der Waals surface area contributed by atoms with Gasteiger partial charge in [0.25, 0.3) is 0 Å². The van der Waals surface area contributed by atoms with Crippen LogP contribution < -0.4 is 5.32 Å². The van der Waals surface area contributed by atoms with Crippen molar-refractivity contribution in [2.45, 2.75) is 71.1 Å². The predicted octanol–water partition coefficient (Wildman–Crippen LogP) is 4.08. The highest BCUT2D eigenvalue weighted by atomic mass is 15.0. The lowest BCUT2D eigenvalue weighted by Crippen LogP contribution is -2.17. The van der Waals surface area contributed by atoms with Gasteiger partial charge in [0.05, 0.1) is 0 Å². The van der Waals surface area contributed by atoms with E-state index in [9.17, 15) is 0 Å². The average molecular weight is 273 g/mol. The molecular formula is C17H27N3. The van der Waals surface area contributed by atoms with Gasteiger partial charge >= 0.3 is 0 Å². The lowest BCUT2D eigenvalue weighted by Gasteiger charge is -2.27. The molecule has 3 heteroatoms. The van der Waals surface area contributed by atoms with E-state index in [2.05, 4.69) is 19.2 Å². The Morgan fingerprint density at radius 2 is 1.85 bits per heavy atom. The van der Waals surface area contributed by atoms with Crippen LogP contribution in [0.3, 0.4) is 0 Å². The van der Waals surface area contributed by atoms with E-state index < -0.39 is 0 Å². The minimum atomic E-state index is 0.598. The molecule has 1 aromatic heterocycles. The molecule has 0 atom stereocenters. The third-order valence-corrected chi connectivity index (χ3v) is 5.08. The number of aryl methyl sites for hydroxylation is 1. The number of hydrogen-bond acceptors (Lipinski definition) is 3. The van der Waals surface area contributed by atoms with Crippen molar-refractivity contribution in [2.75, 3.05) is 11.9 Å². The van der Waals surface area contributed by atoms with E-state index >= 15 is 0 Å². The van der Waals surface area contributed by atoms with Crippen LogP contribution in [-0.4, -0.2) is 16.5 Å². The van der Waals surface area contributed by atoms with Crippen molar-refractivity contribution in [3.8, 4) is 0 Å². The summed E-state index contributed by atoms with van der Waals surface area (Å²) in [6.45, 7) is 5.42. The van der Waals surface area contributed by atoms with Gasteiger partial charge in [-0.05, 0) is 57.8 Å². The van der Waals surface area contributed by atoms with Crippen LogP contribution in [0, 0.1) is 5.92 Å². The van der Waals surface area contributed by atoms with Crippen LogP contribution in [0.4, 0.5) is 5.82 Å². The second-order valence-corrected chi connectivity index (χ2v) is 6.37. The molecule has 3 rings (SSSR count). The fraction of sp³-hybridized carbons (Fsp3) is 0.765. The molecule has 0 saturated heterocycles. The molecule has 2 aliphatic carbocycles. The third-order valence-electron chi connectivity index (χ3n) is 5.08. The minimum absolute atomic E-state index is 0.598. The largest absolute Gasteiger partial charge is 0.370 e. The van der Waals surface area contributed by atoms with Crippen LogP contribution in [-0.2, 0) is 12.8 Å². The van der Waals surface area contributed by atoms with E-state index in [1.807, 2.05) is 0 Å². The van der Waals surface area contributed by atoms with Crippen LogP contribution in [0.2, 0.25) is 0 Å². The number of hydrogen-bond donors (Lipinski definition) is 1. The second kappa shape index (κ2) is 6.11. The maximum absolute atomic E-state index is 4.92. The summed E-state index contributed by atoms with van der Waals surface area (Å²) < 4.78 is 0. The zero-order valence-corrected chi connectivity index (χ0v) is 12.9. The summed E-state index contributed by atoms with van der Waals surface area (Å²) in [5, 5.41) is 3.46. The molecule has 0 unspecified atom stereocenters. The normalized spacial score (nSPS) is 25.5. The summed E-state index contributed by atoms with van der Waals surface area (Å²) in [5.74, 6) is 3.79. The number of anilines is 1. The SMILES string of the molecule is CCNc1nc(C2CCC(CC)CC2)nc2c1CCC2. The number of nitrogens with zero attached hydrogens (tertiary/aromatic N) is 2. The van der Waals surface area contributed by atoms with Crippen LogP contribution in [0.25, 0.3) is 0 Å². The first-order valence-corrected chi connectivity index (χ1v) is 8.45. The van der Waals surface area contributed by atoms with Crippen LogP contribution in [0.1, 0.15) is 75.4 Å². The molecule has 0 amide bonds. The van der Waals surface area contributed by atoms with Crippen molar-refractivity contribution in [2.24, 2.45) is 5.92 Å². The van der Waals surface area contributed by atoms with Crippen molar-refractivity contribution >= 4 is 5.82 Å². The van der Waals surface area contributed by atoms with Gasteiger partial charge in [-0.1, -0.05) is 13.3 Å². The van der Waals surface area contributed by atoms with Gasteiger partial charge in [0.2, 0.25) is 0 Å². The van der Waals surface area contributed by atoms with Gasteiger partial charge in [0, 0.05) is 23.7 Å². The van der Waals surface area contributed by atoms with E-state index in [1.54, 1.807) is 0 Å². The first-order valence-electron chi connectivity index (χ1n) is 8.45. The van der Waals surface area contributed by atoms with Crippen molar-refractivity contribution in [1.82, 2.24) is 9.97 Å². The first-order chi connectivity index (χ1) is 9.81. The van der Waals surface area contributed by atoms with Crippen molar-refractivity contribution < 1.29 is 0 Å². The van der Waals surface area contributed by atoms with Gasteiger partial charge in [0.1, 0.15) is 11.6 Å². The fourth-order valence-electron chi connectivity index (χ4n) is 3.78. The summed E-state index contributed by atoms with van der Waals surface area (Å²) in [6, 6.07) is 0. The van der Waals surface area contributed by atoms with E-state index in [0.717, 1.165) is 36.9 Å². The maximum Gasteiger partial charge on any atom is 0.134 e. The molecular weight excluding hydrogens is 246 g/mol. The van der Waals surface area contributed by atoms with Gasteiger partial charge in [-0.15, -0.1) is 0 Å². The Hall–Kier alpha value is -1.12. The Kier molecular flexibility index (Phi) is 4.23. The molecule has 1 aromatic rings. The smallest absolute Gasteiger partial charge is 0.134 e. The first kappa shape index (κ1) is 13.8. The van der Waals surface area contributed by atoms with Crippen molar-refractivity contribution in [3.63, 3.8) is 0 Å². The summed E-state index contributed by atoms with van der Waals surface area (Å²) in [5.41, 5.74) is 2.71. The van der Waals surface area contributed by atoms with Crippen LogP contribution in [0.15, 0.2) is 0 Å². The van der Waals surface area contributed by atoms with Crippen LogP contribution >= 0.6 is 0 Å². The number of fused-ring (bicyclic) bond motifs is 1. The Labute approximate surface area is 122 Å². The van der Waals surface area contributed by atoms with Gasteiger partial charge in [0.15, 0.2) is 0 Å². The number of rotatable bonds is 4. The summed E-state index contributed by atoms with van der Waals surface area (Å²) in [6.07, 6.45) is 10.2. The molecule has 0 aromatic carbocycles. The molecule has 20 heavy (non-hydrogen) atoms. The summed E-state index contributed by atoms with van der Waals surface area (Å²) in [4.78, 5) is 9.81.